The van der Waals surface area contributed by atoms with E-state index in [1.807, 2.05) is 0 Å². The van der Waals surface area contributed by atoms with E-state index >= 15 is 0 Å². The molecule has 4 rings (SSSR count). The second-order valence-electron chi connectivity index (χ2n) is 7.41. The Hall–Kier alpha value is -2.69. The molecule has 0 fully saturated rings. The molecular formula is C23H21BrN2O5S2. The van der Waals surface area contributed by atoms with E-state index in [0.717, 1.165) is 34.0 Å². The van der Waals surface area contributed by atoms with Crippen molar-refractivity contribution in [3.8, 4) is 0 Å². The predicted molar refractivity (Wildman–Crippen MR) is 131 cm³/mol. The molecule has 7 nitrogen and oxygen atoms in total. The highest BCUT2D eigenvalue weighted by atomic mass is 79.9. The summed E-state index contributed by atoms with van der Waals surface area (Å²) in [5.74, 6) is -1.06. The molecule has 0 spiro atoms. The molecule has 0 atom stereocenters. The largest absolute Gasteiger partial charge is 0.465 e. The summed E-state index contributed by atoms with van der Waals surface area (Å²) in [6, 6.07) is 14.7. The first-order valence-electron chi connectivity index (χ1n) is 10.2. The lowest BCUT2D eigenvalue weighted by Crippen LogP contribution is -2.38. The van der Waals surface area contributed by atoms with Crippen LogP contribution in [0.25, 0.3) is 0 Å². The summed E-state index contributed by atoms with van der Waals surface area (Å²) < 4.78 is 33.5. The molecule has 0 radical (unpaired) electrons. The molecule has 10 heteroatoms. The number of hydrogen-bond donors (Lipinski definition) is 1. The first-order chi connectivity index (χ1) is 15.8. The first kappa shape index (κ1) is 23.5. The molecule has 1 aromatic heterocycles. The number of nitrogens with one attached hydrogen (secondary N) is 1. The standard InChI is InChI=1S/C23H21BrN2O5S2/c1-31-23(28)21-18-11-6-12-19(18)32-22(21)25-20(27)14-26(16-8-5-7-15(24)13-16)33(29,30)17-9-3-2-4-10-17/h2-5,7-10,13H,6,11-12,14H2,1H3,(H,25,27). The van der Waals surface area contributed by atoms with Gasteiger partial charge in [-0.15, -0.1) is 11.3 Å². The van der Waals surface area contributed by atoms with Crippen LogP contribution >= 0.6 is 27.3 Å². The minimum atomic E-state index is -4.02. The van der Waals surface area contributed by atoms with Gasteiger partial charge in [0.25, 0.3) is 10.0 Å². The van der Waals surface area contributed by atoms with Crippen molar-refractivity contribution in [1.82, 2.24) is 0 Å². The third-order valence-corrected chi connectivity index (χ3v) is 8.77. The maximum atomic E-state index is 13.4. The summed E-state index contributed by atoms with van der Waals surface area (Å²) >= 11 is 4.70. The van der Waals surface area contributed by atoms with Crippen molar-refractivity contribution in [3.63, 3.8) is 0 Å². The van der Waals surface area contributed by atoms with Crippen molar-refractivity contribution in [2.24, 2.45) is 0 Å². The van der Waals surface area contributed by atoms with E-state index in [-0.39, 0.29) is 4.90 Å². The van der Waals surface area contributed by atoms with Gasteiger partial charge in [0.15, 0.2) is 0 Å². The van der Waals surface area contributed by atoms with E-state index in [1.165, 1.54) is 30.6 Å². The minimum absolute atomic E-state index is 0.0723. The Morgan fingerprint density at radius 2 is 1.88 bits per heavy atom. The highest BCUT2D eigenvalue weighted by molar-refractivity contribution is 9.10. The van der Waals surface area contributed by atoms with Gasteiger partial charge in [-0.2, -0.15) is 0 Å². The van der Waals surface area contributed by atoms with Gasteiger partial charge in [0.2, 0.25) is 5.91 Å². The zero-order valence-electron chi connectivity index (χ0n) is 17.7. The lowest BCUT2D eigenvalue weighted by molar-refractivity contribution is -0.114. The van der Waals surface area contributed by atoms with Crippen molar-refractivity contribution in [3.05, 3.63) is 75.1 Å². The number of hydrogen-bond acceptors (Lipinski definition) is 6. The van der Waals surface area contributed by atoms with Gasteiger partial charge in [0.05, 0.1) is 23.3 Å². The molecule has 1 N–H and O–H groups in total. The minimum Gasteiger partial charge on any atom is -0.465 e. The third-order valence-electron chi connectivity index (χ3n) is 5.28. The van der Waals surface area contributed by atoms with Gasteiger partial charge >= 0.3 is 5.97 Å². The lowest BCUT2D eigenvalue weighted by Gasteiger charge is -2.24. The van der Waals surface area contributed by atoms with Crippen LogP contribution in [0.2, 0.25) is 0 Å². The lowest BCUT2D eigenvalue weighted by atomic mass is 10.1. The number of anilines is 2. The van der Waals surface area contributed by atoms with Crippen LogP contribution < -0.4 is 9.62 Å². The van der Waals surface area contributed by atoms with Crippen LogP contribution in [0, 0.1) is 0 Å². The quantitative estimate of drug-likeness (QED) is 0.435. The number of esters is 1. The Kier molecular flexibility index (Phi) is 6.87. The summed E-state index contributed by atoms with van der Waals surface area (Å²) in [6.45, 7) is -0.461. The number of nitrogens with zero attached hydrogens (tertiary/aromatic N) is 1. The SMILES string of the molecule is COC(=O)c1c(NC(=O)CN(c2cccc(Br)c2)S(=O)(=O)c2ccccc2)sc2c1CCC2. The zero-order valence-corrected chi connectivity index (χ0v) is 20.9. The van der Waals surface area contributed by atoms with E-state index in [0.29, 0.717) is 20.7 Å². The van der Waals surface area contributed by atoms with Gasteiger partial charge in [-0.05, 0) is 55.2 Å². The van der Waals surface area contributed by atoms with Crippen LogP contribution in [0.1, 0.15) is 27.2 Å². The Labute approximate surface area is 204 Å². The fourth-order valence-corrected chi connectivity index (χ4v) is 6.89. The Morgan fingerprint density at radius 3 is 2.58 bits per heavy atom. The first-order valence-corrected chi connectivity index (χ1v) is 13.2. The van der Waals surface area contributed by atoms with Crippen molar-refractivity contribution in [2.45, 2.75) is 24.2 Å². The van der Waals surface area contributed by atoms with Gasteiger partial charge in [-0.25, -0.2) is 13.2 Å². The maximum Gasteiger partial charge on any atom is 0.341 e. The summed E-state index contributed by atoms with van der Waals surface area (Å²) in [4.78, 5) is 26.6. The van der Waals surface area contributed by atoms with E-state index < -0.39 is 28.4 Å². The molecule has 1 aliphatic rings. The van der Waals surface area contributed by atoms with Gasteiger partial charge in [0.1, 0.15) is 11.5 Å². The highest BCUT2D eigenvalue weighted by Crippen LogP contribution is 2.39. The molecule has 0 saturated carbocycles. The molecule has 0 bridgehead atoms. The number of ether oxygens (including phenoxy) is 1. The molecule has 1 aliphatic carbocycles. The van der Waals surface area contributed by atoms with Crippen LogP contribution in [0.15, 0.2) is 64.0 Å². The van der Waals surface area contributed by atoms with Crippen LogP contribution in [0.3, 0.4) is 0 Å². The average molecular weight is 549 g/mol. The second kappa shape index (κ2) is 9.66. The fraction of sp³-hybridized carbons (Fsp3) is 0.217. The number of thiophene rings is 1. The van der Waals surface area contributed by atoms with E-state index in [2.05, 4.69) is 21.2 Å². The van der Waals surface area contributed by atoms with Gasteiger partial charge in [-0.3, -0.25) is 9.10 Å². The van der Waals surface area contributed by atoms with Crippen LogP contribution in [0.5, 0.6) is 0 Å². The molecular weight excluding hydrogens is 528 g/mol. The van der Waals surface area contributed by atoms with Crippen molar-refractivity contribution >= 4 is 59.9 Å². The molecule has 3 aromatic rings. The number of fused-ring (bicyclic) bond motifs is 1. The molecule has 0 aliphatic heterocycles. The van der Waals surface area contributed by atoms with Crippen molar-refractivity contribution in [2.75, 3.05) is 23.3 Å². The summed E-state index contributed by atoms with van der Waals surface area (Å²) in [5, 5.41) is 3.15. The Morgan fingerprint density at radius 1 is 1.12 bits per heavy atom. The topological polar surface area (TPSA) is 92.8 Å². The number of methoxy groups -OCH3 is 1. The number of halogens is 1. The molecule has 0 unspecified atom stereocenters. The van der Waals surface area contributed by atoms with Crippen LogP contribution in [0.4, 0.5) is 10.7 Å². The molecule has 33 heavy (non-hydrogen) atoms. The number of aryl methyl sites for hydroxylation is 1. The number of sulfonamides is 1. The summed E-state index contributed by atoms with van der Waals surface area (Å²) in [5.41, 5.74) is 1.61. The van der Waals surface area contributed by atoms with Gasteiger partial charge in [0, 0.05) is 9.35 Å². The number of rotatable bonds is 7. The van der Waals surface area contributed by atoms with E-state index in [9.17, 15) is 18.0 Å². The predicted octanol–water partition coefficient (Wildman–Crippen LogP) is 4.62. The molecule has 0 saturated heterocycles. The zero-order chi connectivity index (χ0) is 23.6. The molecule has 1 heterocycles. The van der Waals surface area contributed by atoms with Crippen molar-refractivity contribution < 1.29 is 22.7 Å². The number of amides is 1. The van der Waals surface area contributed by atoms with Crippen molar-refractivity contribution in [1.29, 1.82) is 0 Å². The maximum absolute atomic E-state index is 13.4. The normalized spacial score (nSPS) is 12.8. The Balaban J connectivity index is 1.67. The van der Waals surface area contributed by atoms with Gasteiger partial charge in [-0.1, -0.05) is 40.2 Å². The molecule has 1 amide bonds. The van der Waals surface area contributed by atoms with E-state index in [1.54, 1.807) is 42.5 Å². The number of carbonyl (C=O) groups excluding carboxylic acids is 2. The molecule has 172 valence electrons. The Bertz CT molecular complexity index is 1310. The number of benzene rings is 2. The fourth-order valence-electron chi connectivity index (χ4n) is 3.77. The average Bonchev–Trinajstić information content (AvgIpc) is 3.38. The van der Waals surface area contributed by atoms with Crippen LogP contribution in [-0.2, 0) is 32.4 Å². The molecule has 2 aromatic carbocycles. The van der Waals surface area contributed by atoms with Crippen LogP contribution in [-0.4, -0.2) is 33.9 Å². The monoisotopic (exact) mass is 548 g/mol. The summed E-state index contributed by atoms with van der Waals surface area (Å²) in [6.07, 6.45) is 2.54. The van der Waals surface area contributed by atoms with Gasteiger partial charge < -0.3 is 10.1 Å². The number of carbonyl (C=O) groups is 2. The smallest absolute Gasteiger partial charge is 0.341 e. The summed E-state index contributed by atoms with van der Waals surface area (Å²) in [7, 11) is -2.72. The van der Waals surface area contributed by atoms with E-state index in [4.69, 9.17) is 4.74 Å². The third kappa shape index (κ3) is 4.83. The highest BCUT2D eigenvalue weighted by Gasteiger charge is 2.30. The second-order valence-corrected chi connectivity index (χ2v) is 11.3.